The van der Waals surface area contributed by atoms with E-state index in [0.29, 0.717) is 0 Å². The fourth-order valence-corrected chi connectivity index (χ4v) is 3.33. The number of nitrogens with zero attached hydrogens (tertiary/aromatic N) is 5. The van der Waals surface area contributed by atoms with E-state index in [1.165, 1.54) is 6.42 Å². The summed E-state index contributed by atoms with van der Waals surface area (Å²) in [7, 11) is 0. The van der Waals surface area contributed by atoms with Gasteiger partial charge in [-0.15, -0.1) is 5.10 Å². The van der Waals surface area contributed by atoms with Crippen LogP contribution in [0.1, 0.15) is 19.8 Å². The molecular formula is C16H26N6O. The molecule has 3 rings (SSSR count). The summed E-state index contributed by atoms with van der Waals surface area (Å²) in [5.41, 5.74) is 0. The van der Waals surface area contributed by atoms with Gasteiger partial charge in [0, 0.05) is 45.0 Å². The van der Waals surface area contributed by atoms with Crippen molar-refractivity contribution in [2.45, 2.75) is 25.8 Å². The Labute approximate surface area is 137 Å². The number of hydrogen-bond acceptors (Lipinski definition) is 5. The lowest BCUT2D eigenvalue weighted by atomic mass is 10.1. The van der Waals surface area contributed by atoms with Gasteiger partial charge in [0.1, 0.15) is 0 Å². The van der Waals surface area contributed by atoms with Gasteiger partial charge in [-0.3, -0.25) is 0 Å². The highest BCUT2D eigenvalue weighted by atomic mass is 16.2. The van der Waals surface area contributed by atoms with Crippen LogP contribution in [0.25, 0.3) is 0 Å². The number of hydrogen-bond donors (Lipinski definition) is 1. The molecule has 2 saturated heterocycles. The molecular weight excluding hydrogens is 292 g/mol. The summed E-state index contributed by atoms with van der Waals surface area (Å²) in [5, 5.41) is 11.3. The normalized spacial score (nSPS) is 22.9. The number of amides is 2. The largest absolute Gasteiger partial charge is 0.352 e. The molecule has 2 amide bonds. The van der Waals surface area contributed by atoms with E-state index in [1.54, 1.807) is 6.20 Å². The Hall–Kier alpha value is -1.89. The summed E-state index contributed by atoms with van der Waals surface area (Å²) in [6.45, 7) is 8.43. The van der Waals surface area contributed by atoms with Crippen molar-refractivity contribution < 1.29 is 4.79 Å². The molecule has 2 fully saturated rings. The first-order valence-electron chi connectivity index (χ1n) is 8.56. The number of piperazine rings is 1. The zero-order valence-electron chi connectivity index (χ0n) is 13.8. The van der Waals surface area contributed by atoms with Gasteiger partial charge >= 0.3 is 6.03 Å². The van der Waals surface area contributed by atoms with Crippen LogP contribution in [0, 0.1) is 0 Å². The average Bonchev–Trinajstić information content (AvgIpc) is 2.63. The molecule has 0 spiro atoms. The van der Waals surface area contributed by atoms with E-state index in [4.69, 9.17) is 0 Å². The van der Waals surface area contributed by atoms with Crippen LogP contribution in [-0.4, -0.2) is 77.9 Å². The molecule has 1 unspecified atom stereocenters. The van der Waals surface area contributed by atoms with Crippen molar-refractivity contribution in [2.75, 3.05) is 50.7 Å². The Morgan fingerprint density at radius 2 is 2.13 bits per heavy atom. The van der Waals surface area contributed by atoms with Crippen molar-refractivity contribution >= 4 is 11.8 Å². The number of urea groups is 1. The zero-order valence-corrected chi connectivity index (χ0v) is 13.8. The van der Waals surface area contributed by atoms with E-state index in [1.807, 2.05) is 17.0 Å². The van der Waals surface area contributed by atoms with Gasteiger partial charge < -0.3 is 20.0 Å². The predicted octanol–water partition coefficient (Wildman–Crippen LogP) is 0.793. The summed E-state index contributed by atoms with van der Waals surface area (Å²) in [4.78, 5) is 18.9. The van der Waals surface area contributed by atoms with Gasteiger partial charge in [0.15, 0.2) is 5.82 Å². The summed E-state index contributed by atoms with van der Waals surface area (Å²) in [6.07, 6.45) is 3.93. The Balaban J connectivity index is 1.47. The fraction of sp³-hybridized carbons (Fsp3) is 0.688. The van der Waals surface area contributed by atoms with Crippen LogP contribution in [0.4, 0.5) is 10.6 Å². The molecule has 1 N–H and O–H groups in total. The molecule has 0 radical (unpaired) electrons. The second-order valence-electron chi connectivity index (χ2n) is 6.24. The monoisotopic (exact) mass is 318 g/mol. The molecule has 0 aliphatic carbocycles. The number of anilines is 1. The van der Waals surface area contributed by atoms with Gasteiger partial charge in [0.05, 0.1) is 0 Å². The Kier molecular flexibility index (Phi) is 5.27. The van der Waals surface area contributed by atoms with Crippen molar-refractivity contribution in [1.29, 1.82) is 0 Å². The number of rotatable bonds is 3. The SMILES string of the molecule is CCN1CCCC(NC(=O)N2CCN(c3cccnn3)CC2)C1. The maximum Gasteiger partial charge on any atom is 0.317 e. The third-order valence-electron chi connectivity index (χ3n) is 4.73. The van der Waals surface area contributed by atoms with Gasteiger partial charge in [0.25, 0.3) is 0 Å². The molecule has 1 atom stereocenters. The van der Waals surface area contributed by atoms with Gasteiger partial charge in [-0.2, -0.15) is 5.10 Å². The molecule has 0 saturated carbocycles. The number of likely N-dealkylation sites (N-methyl/N-ethyl adjacent to an activating group) is 1. The first-order chi connectivity index (χ1) is 11.3. The number of likely N-dealkylation sites (tertiary alicyclic amines) is 1. The lowest BCUT2D eigenvalue weighted by Crippen LogP contribution is -2.56. The number of carbonyl (C=O) groups is 1. The standard InChI is InChI=1S/C16H26N6O/c1-2-20-8-4-5-14(13-20)18-16(23)22-11-9-21(10-12-22)15-6-3-7-17-19-15/h3,6-7,14H,2,4-5,8-13H2,1H3,(H,18,23). The Bertz CT molecular complexity index is 503. The molecule has 1 aromatic rings. The van der Waals surface area contributed by atoms with Crippen LogP contribution in [0.2, 0.25) is 0 Å². The molecule has 3 heterocycles. The van der Waals surface area contributed by atoms with Crippen LogP contribution in [-0.2, 0) is 0 Å². The van der Waals surface area contributed by atoms with Gasteiger partial charge in [-0.05, 0) is 38.1 Å². The van der Waals surface area contributed by atoms with Gasteiger partial charge in [-0.1, -0.05) is 6.92 Å². The average molecular weight is 318 g/mol. The van der Waals surface area contributed by atoms with Crippen molar-refractivity contribution in [1.82, 2.24) is 25.3 Å². The molecule has 7 heteroatoms. The highest BCUT2D eigenvalue weighted by Gasteiger charge is 2.25. The highest BCUT2D eigenvalue weighted by molar-refractivity contribution is 5.75. The maximum atomic E-state index is 12.5. The zero-order chi connectivity index (χ0) is 16.1. The second kappa shape index (κ2) is 7.59. The molecule has 7 nitrogen and oxygen atoms in total. The second-order valence-corrected chi connectivity index (χ2v) is 6.24. The molecule has 126 valence electrons. The smallest absolute Gasteiger partial charge is 0.317 e. The molecule has 23 heavy (non-hydrogen) atoms. The quantitative estimate of drug-likeness (QED) is 0.893. The van der Waals surface area contributed by atoms with Crippen molar-refractivity contribution in [2.24, 2.45) is 0 Å². The number of piperidine rings is 1. The van der Waals surface area contributed by atoms with Gasteiger partial charge in [0.2, 0.25) is 0 Å². The summed E-state index contributed by atoms with van der Waals surface area (Å²) in [6, 6.07) is 4.22. The van der Waals surface area contributed by atoms with E-state index in [-0.39, 0.29) is 12.1 Å². The van der Waals surface area contributed by atoms with E-state index < -0.39 is 0 Å². The Morgan fingerprint density at radius 3 is 2.83 bits per heavy atom. The minimum atomic E-state index is 0.0757. The fourth-order valence-electron chi connectivity index (χ4n) is 3.33. The van der Waals surface area contributed by atoms with Crippen LogP contribution in [0.3, 0.4) is 0 Å². The molecule has 2 aliphatic rings. The molecule has 1 aromatic heterocycles. The number of nitrogens with one attached hydrogen (secondary N) is 1. The lowest BCUT2D eigenvalue weighted by molar-refractivity contribution is 0.168. The van der Waals surface area contributed by atoms with E-state index in [2.05, 4.69) is 32.2 Å². The van der Waals surface area contributed by atoms with Crippen molar-refractivity contribution in [3.63, 3.8) is 0 Å². The van der Waals surface area contributed by atoms with Crippen LogP contribution < -0.4 is 10.2 Å². The van der Waals surface area contributed by atoms with Crippen LogP contribution in [0.5, 0.6) is 0 Å². The summed E-state index contributed by atoms with van der Waals surface area (Å²) in [5.74, 6) is 0.887. The van der Waals surface area contributed by atoms with E-state index in [9.17, 15) is 4.79 Å². The first kappa shape index (κ1) is 16.0. The Morgan fingerprint density at radius 1 is 1.30 bits per heavy atom. The first-order valence-corrected chi connectivity index (χ1v) is 8.56. The lowest BCUT2D eigenvalue weighted by Gasteiger charge is -2.37. The third kappa shape index (κ3) is 4.10. The predicted molar refractivity (Wildman–Crippen MR) is 89.5 cm³/mol. The third-order valence-corrected chi connectivity index (χ3v) is 4.73. The highest BCUT2D eigenvalue weighted by Crippen LogP contribution is 2.13. The minimum absolute atomic E-state index is 0.0757. The molecule has 2 aliphatic heterocycles. The van der Waals surface area contributed by atoms with Crippen LogP contribution >= 0.6 is 0 Å². The van der Waals surface area contributed by atoms with Gasteiger partial charge in [-0.25, -0.2) is 4.79 Å². The van der Waals surface area contributed by atoms with Crippen molar-refractivity contribution in [3.8, 4) is 0 Å². The number of carbonyl (C=O) groups excluding carboxylic acids is 1. The molecule has 0 bridgehead atoms. The van der Waals surface area contributed by atoms with Crippen LogP contribution in [0.15, 0.2) is 18.3 Å². The van der Waals surface area contributed by atoms with E-state index in [0.717, 1.165) is 58.1 Å². The summed E-state index contributed by atoms with van der Waals surface area (Å²) < 4.78 is 0. The van der Waals surface area contributed by atoms with Crippen molar-refractivity contribution in [3.05, 3.63) is 18.3 Å². The van der Waals surface area contributed by atoms with E-state index >= 15 is 0 Å². The minimum Gasteiger partial charge on any atom is -0.352 e. The molecule has 0 aromatic carbocycles. The maximum absolute atomic E-state index is 12.5. The number of aromatic nitrogens is 2. The topological polar surface area (TPSA) is 64.6 Å². The summed E-state index contributed by atoms with van der Waals surface area (Å²) >= 11 is 0.